The number of nitrogens with one attached hydrogen (secondary N) is 2. The predicted molar refractivity (Wildman–Crippen MR) is 92.5 cm³/mol. The van der Waals surface area contributed by atoms with E-state index in [2.05, 4.69) is 26.6 Å². The molecule has 1 aliphatic heterocycles. The van der Waals surface area contributed by atoms with Crippen LogP contribution in [0, 0.1) is 0 Å². The molecule has 2 amide bonds. The fraction of sp³-hybridized carbons (Fsp3) is 0.176. The molecular weight excluding hydrogens is 376 g/mol. The van der Waals surface area contributed by atoms with Gasteiger partial charge >= 0.3 is 0 Å². The van der Waals surface area contributed by atoms with Crippen molar-refractivity contribution < 1.29 is 19.1 Å². The number of anilines is 1. The van der Waals surface area contributed by atoms with Crippen molar-refractivity contribution in [1.82, 2.24) is 5.32 Å². The molecule has 2 N–H and O–H groups in total. The number of benzene rings is 2. The topological polar surface area (TPSA) is 76.7 Å². The summed E-state index contributed by atoms with van der Waals surface area (Å²) in [6, 6.07) is 12.1. The summed E-state index contributed by atoms with van der Waals surface area (Å²) < 4.78 is 11.8. The number of fused-ring (bicyclic) bond motifs is 1. The van der Waals surface area contributed by atoms with Crippen LogP contribution < -0.4 is 20.1 Å². The average Bonchev–Trinajstić information content (AvgIpc) is 2.60. The van der Waals surface area contributed by atoms with Crippen LogP contribution in [0.1, 0.15) is 10.4 Å². The van der Waals surface area contributed by atoms with E-state index < -0.39 is 0 Å². The molecule has 0 fully saturated rings. The minimum absolute atomic E-state index is 0.122. The molecule has 7 heteroatoms. The van der Waals surface area contributed by atoms with Crippen molar-refractivity contribution in [2.24, 2.45) is 0 Å². The van der Waals surface area contributed by atoms with E-state index in [1.165, 1.54) is 0 Å². The molecule has 1 heterocycles. The first kappa shape index (κ1) is 16.3. The zero-order chi connectivity index (χ0) is 16.9. The first-order valence-corrected chi connectivity index (χ1v) is 8.14. The Kier molecular flexibility index (Phi) is 5.00. The highest BCUT2D eigenvalue weighted by molar-refractivity contribution is 9.10. The molecule has 0 spiro atoms. The van der Waals surface area contributed by atoms with Gasteiger partial charge in [0.2, 0.25) is 5.91 Å². The smallest absolute Gasteiger partial charge is 0.251 e. The van der Waals surface area contributed by atoms with Gasteiger partial charge in [0.25, 0.3) is 5.91 Å². The Morgan fingerprint density at radius 3 is 2.46 bits per heavy atom. The number of hydrogen-bond acceptors (Lipinski definition) is 4. The molecule has 1 aliphatic rings. The Morgan fingerprint density at radius 2 is 1.71 bits per heavy atom. The van der Waals surface area contributed by atoms with Crippen LogP contribution in [0.3, 0.4) is 0 Å². The number of hydrogen-bond donors (Lipinski definition) is 2. The summed E-state index contributed by atoms with van der Waals surface area (Å²) in [7, 11) is 0. The van der Waals surface area contributed by atoms with Gasteiger partial charge in [-0.2, -0.15) is 0 Å². The minimum atomic E-state index is -0.322. The fourth-order valence-electron chi connectivity index (χ4n) is 2.19. The highest BCUT2D eigenvalue weighted by atomic mass is 79.9. The van der Waals surface area contributed by atoms with E-state index in [0.29, 0.717) is 36.0 Å². The number of amides is 2. The number of halogens is 1. The van der Waals surface area contributed by atoms with Gasteiger partial charge in [-0.3, -0.25) is 9.59 Å². The maximum Gasteiger partial charge on any atom is 0.251 e. The van der Waals surface area contributed by atoms with Gasteiger partial charge in [0.05, 0.1) is 6.54 Å². The first-order valence-electron chi connectivity index (χ1n) is 7.35. The Balaban J connectivity index is 1.54. The molecule has 0 saturated heterocycles. The van der Waals surface area contributed by atoms with E-state index in [1.807, 2.05) is 0 Å². The second-order valence-electron chi connectivity index (χ2n) is 5.10. The van der Waals surface area contributed by atoms with Crippen LogP contribution >= 0.6 is 15.9 Å². The van der Waals surface area contributed by atoms with Gasteiger partial charge in [-0.25, -0.2) is 0 Å². The van der Waals surface area contributed by atoms with Crippen LogP contribution in [0.2, 0.25) is 0 Å². The van der Waals surface area contributed by atoms with E-state index in [-0.39, 0.29) is 18.4 Å². The van der Waals surface area contributed by atoms with E-state index in [0.717, 1.165) is 4.47 Å². The molecule has 0 aromatic heterocycles. The zero-order valence-electron chi connectivity index (χ0n) is 12.7. The lowest BCUT2D eigenvalue weighted by molar-refractivity contribution is -0.115. The van der Waals surface area contributed by atoms with Crippen molar-refractivity contribution in [3.63, 3.8) is 0 Å². The maximum absolute atomic E-state index is 12.0. The Hall–Kier alpha value is -2.54. The summed E-state index contributed by atoms with van der Waals surface area (Å²) in [5.74, 6) is 0.623. The first-order chi connectivity index (χ1) is 11.6. The SMILES string of the molecule is O=C(CNC(=O)c1ccc(Br)cc1)Nc1ccc2c(c1)OCCO2. The van der Waals surface area contributed by atoms with Crippen molar-refractivity contribution >= 4 is 33.4 Å². The Morgan fingerprint density at radius 1 is 1.00 bits per heavy atom. The molecular formula is C17H15BrN2O4. The second kappa shape index (κ2) is 7.35. The maximum atomic E-state index is 12.0. The fourth-order valence-corrected chi connectivity index (χ4v) is 2.45. The molecule has 124 valence electrons. The molecule has 2 aromatic rings. The highest BCUT2D eigenvalue weighted by Gasteiger charge is 2.13. The van der Waals surface area contributed by atoms with Gasteiger partial charge in [0.1, 0.15) is 13.2 Å². The average molecular weight is 391 g/mol. The minimum Gasteiger partial charge on any atom is -0.486 e. The molecule has 0 radical (unpaired) electrons. The van der Waals surface area contributed by atoms with Gasteiger partial charge in [0, 0.05) is 21.8 Å². The van der Waals surface area contributed by atoms with Crippen molar-refractivity contribution in [2.75, 3.05) is 25.1 Å². The summed E-state index contributed by atoms with van der Waals surface area (Å²) in [6.07, 6.45) is 0. The monoisotopic (exact) mass is 390 g/mol. The normalized spacial score (nSPS) is 12.4. The largest absolute Gasteiger partial charge is 0.486 e. The van der Waals surface area contributed by atoms with Crippen LogP contribution in [-0.2, 0) is 4.79 Å². The second-order valence-corrected chi connectivity index (χ2v) is 6.01. The van der Waals surface area contributed by atoms with Crippen LogP contribution in [0.4, 0.5) is 5.69 Å². The lowest BCUT2D eigenvalue weighted by Gasteiger charge is -2.19. The molecule has 0 aliphatic carbocycles. The number of carbonyl (C=O) groups excluding carboxylic acids is 2. The van der Waals surface area contributed by atoms with Crippen LogP contribution in [-0.4, -0.2) is 31.6 Å². The van der Waals surface area contributed by atoms with Gasteiger partial charge in [0.15, 0.2) is 11.5 Å². The quantitative estimate of drug-likeness (QED) is 0.840. The number of carbonyl (C=O) groups is 2. The van der Waals surface area contributed by atoms with Gasteiger partial charge in [-0.15, -0.1) is 0 Å². The summed E-state index contributed by atoms with van der Waals surface area (Å²) in [6.45, 7) is 0.873. The summed E-state index contributed by atoms with van der Waals surface area (Å²) >= 11 is 3.30. The predicted octanol–water partition coefficient (Wildman–Crippen LogP) is 2.59. The molecule has 0 atom stereocenters. The molecule has 2 aromatic carbocycles. The molecule has 6 nitrogen and oxygen atoms in total. The summed E-state index contributed by atoms with van der Waals surface area (Å²) in [5, 5.41) is 5.29. The van der Waals surface area contributed by atoms with Crippen molar-refractivity contribution in [2.45, 2.75) is 0 Å². The van der Waals surface area contributed by atoms with Crippen LogP contribution in [0.25, 0.3) is 0 Å². The van der Waals surface area contributed by atoms with Gasteiger partial charge in [-0.1, -0.05) is 15.9 Å². The third-order valence-corrected chi connectivity index (χ3v) is 3.87. The number of rotatable bonds is 4. The van der Waals surface area contributed by atoms with E-state index in [9.17, 15) is 9.59 Å². The van der Waals surface area contributed by atoms with Gasteiger partial charge < -0.3 is 20.1 Å². The summed E-state index contributed by atoms with van der Waals surface area (Å²) in [5.41, 5.74) is 1.08. The molecule has 0 unspecified atom stereocenters. The molecule has 0 bridgehead atoms. The van der Waals surface area contributed by atoms with E-state index in [4.69, 9.17) is 9.47 Å². The van der Waals surface area contributed by atoms with Crippen molar-refractivity contribution in [1.29, 1.82) is 0 Å². The van der Waals surface area contributed by atoms with Crippen molar-refractivity contribution in [3.05, 3.63) is 52.5 Å². The Bertz CT molecular complexity index is 762. The number of ether oxygens (including phenoxy) is 2. The third-order valence-electron chi connectivity index (χ3n) is 3.34. The van der Waals surface area contributed by atoms with Gasteiger partial charge in [-0.05, 0) is 36.4 Å². The van der Waals surface area contributed by atoms with E-state index in [1.54, 1.807) is 42.5 Å². The van der Waals surface area contributed by atoms with Crippen LogP contribution in [0.5, 0.6) is 11.5 Å². The molecule has 0 saturated carbocycles. The molecule has 24 heavy (non-hydrogen) atoms. The standard InChI is InChI=1S/C17H15BrN2O4/c18-12-3-1-11(2-4-12)17(22)19-10-16(21)20-13-5-6-14-15(9-13)24-8-7-23-14/h1-6,9H,7-8,10H2,(H,19,22)(H,20,21). The zero-order valence-corrected chi connectivity index (χ0v) is 14.3. The molecule has 3 rings (SSSR count). The Labute approximate surface area is 147 Å². The third kappa shape index (κ3) is 4.05. The van der Waals surface area contributed by atoms with Crippen molar-refractivity contribution in [3.8, 4) is 11.5 Å². The highest BCUT2D eigenvalue weighted by Crippen LogP contribution is 2.32. The van der Waals surface area contributed by atoms with E-state index >= 15 is 0 Å². The van der Waals surface area contributed by atoms with Crippen LogP contribution in [0.15, 0.2) is 46.9 Å². The lowest BCUT2D eigenvalue weighted by Crippen LogP contribution is -2.32. The summed E-state index contributed by atoms with van der Waals surface area (Å²) in [4.78, 5) is 23.9. The lowest BCUT2D eigenvalue weighted by atomic mass is 10.2.